The summed E-state index contributed by atoms with van der Waals surface area (Å²) in [6.45, 7) is 1.89. The van der Waals surface area contributed by atoms with Crippen LogP contribution < -0.4 is 0 Å². The summed E-state index contributed by atoms with van der Waals surface area (Å²) in [7, 11) is 0. The minimum absolute atomic E-state index is 0.868. The topological polar surface area (TPSA) is 38.9 Å². The van der Waals surface area contributed by atoms with Crippen LogP contribution in [0.4, 0.5) is 0 Å². The quantitative estimate of drug-likeness (QED) is 0.548. The molecule has 2 aromatic heterocycles. The summed E-state index contributed by atoms with van der Waals surface area (Å²) in [6.07, 6.45) is 4.89. The van der Waals surface area contributed by atoms with Gasteiger partial charge in [0.1, 0.15) is 23.9 Å². The molecule has 0 aliphatic heterocycles. The Morgan fingerprint density at radius 1 is 1.50 bits per heavy atom. The first-order valence-electron chi connectivity index (χ1n) is 3.02. The van der Waals surface area contributed by atoms with Crippen LogP contribution in [0, 0.1) is 6.92 Å². The molecule has 0 aliphatic carbocycles. The molecule has 3 heteroatoms. The number of fused-ring (bicyclic) bond motifs is 1. The lowest BCUT2D eigenvalue weighted by atomic mass is 10.3. The van der Waals surface area contributed by atoms with Gasteiger partial charge in [0.2, 0.25) is 0 Å². The molecule has 0 aromatic carbocycles. The van der Waals surface area contributed by atoms with E-state index in [-0.39, 0.29) is 0 Å². The van der Waals surface area contributed by atoms with E-state index in [1.54, 1.807) is 12.5 Å². The largest absolute Gasteiger partial charge is 0.467 e. The molecule has 0 N–H and O–H groups in total. The van der Waals surface area contributed by atoms with E-state index in [0.717, 1.165) is 16.7 Å². The average Bonchev–Trinajstić information content (AvgIpc) is 2.34. The SMILES string of the molecule is Cc1occ2ncncc12. The molecule has 50 valence electrons. The van der Waals surface area contributed by atoms with E-state index in [4.69, 9.17) is 4.42 Å². The molecular formula is C7H6N2O. The second kappa shape index (κ2) is 1.80. The Morgan fingerprint density at radius 3 is 3.20 bits per heavy atom. The normalized spacial score (nSPS) is 10.5. The van der Waals surface area contributed by atoms with Gasteiger partial charge in [-0.25, -0.2) is 9.97 Å². The van der Waals surface area contributed by atoms with Crippen LogP contribution >= 0.6 is 0 Å². The molecule has 0 amide bonds. The van der Waals surface area contributed by atoms with Crippen molar-refractivity contribution in [1.82, 2.24) is 9.97 Å². The van der Waals surface area contributed by atoms with Crippen LogP contribution in [0.15, 0.2) is 23.2 Å². The molecule has 0 saturated heterocycles. The number of aryl methyl sites for hydroxylation is 1. The summed E-state index contributed by atoms with van der Waals surface area (Å²) in [5, 5.41) is 0.988. The summed E-state index contributed by atoms with van der Waals surface area (Å²) in [4.78, 5) is 7.87. The molecule has 0 spiro atoms. The highest BCUT2D eigenvalue weighted by molar-refractivity contribution is 5.78. The van der Waals surface area contributed by atoms with Crippen LogP contribution in [0.3, 0.4) is 0 Å². The maximum absolute atomic E-state index is 5.11. The van der Waals surface area contributed by atoms with Gasteiger partial charge in [0.15, 0.2) is 0 Å². The number of hydrogen-bond acceptors (Lipinski definition) is 3. The van der Waals surface area contributed by atoms with Gasteiger partial charge < -0.3 is 4.42 Å². The first-order chi connectivity index (χ1) is 4.88. The van der Waals surface area contributed by atoms with Crippen molar-refractivity contribution < 1.29 is 4.42 Å². The zero-order valence-corrected chi connectivity index (χ0v) is 5.53. The van der Waals surface area contributed by atoms with Gasteiger partial charge in [-0.1, -0.05) is 0 Å². The van der Waals surface area contributed by atoms with E-state index in [2.05, 4.69) is 9.97 Å². The molecule has 10 heavy (non-hydrogen) atoms. The van der Waals surface area contributed by atoms with E-state index < -0.39 is 0 Å². The predicted molar refractivity (Wildman–Crippen MR) is 36.5 cm³/mol. The van der Waals surface area contributed by atoms with Crippen molar-refractivity contribution in [3.8, 4) is 0 Å². The third kappa shape index (κ3) is 0.603. The Morgan fingerprint density at radius 2 is 2.40 bits per heavy atom. The maximum atomic E-state index is 5.11. The van der Waals surface area contributed by atoms with Gasteiger partial charge in [-0.3, -0.25) is 0 Å². The Kier molecular flexibility index (Phi) is 0.974. The molecule has 0 bridgehead atoms. The van der Waals surface area contributed by atoms with Crippen molar-refractivity contribution in [2.75, 3.05) is 0 Å². The van der Waals surface area contributed by atoms with Crippen LogP contribution in [0.25, 0.3) is 10.9 Å². The number of nitrogens with zero attached hydrogens (tertiary/aromatic N) is 2. The maximum Gasteiger partial charge on any atom is 0.117 e. The van der Waals surface area contributed by atoms with Crippen molar-refractivity contribution in [3.05, 3.63) is 24.5 Å². The highest BCUT2D eigenvalue weighted by Crippen LogP contribution is 2.15. The number of aromatic nitrogens is 2. The first kappa shape index (κ1) is 5.41. The zero-order valence-electron chi connectivity index (χ0n) is 5.53. The van der Waals surface area contributed by atoms with Gasteiger partial charge in [0.25, 0.3) is 0 Å². The van der Waals surface area contributed by atoms with Gasteiger partial charge in [-0.05, 0) is 6.92 Å². The fraction of sp³-hybridized carbons (Fsp3) is 0.143. The van der Waals surface area contributed by atoms with Gasteiger partial charge in [-0.2, -0.15) is 0 Å². The van der Waals surface area contributed by atoms with Gasteiger partial charge in [-0.15, -0.1) is 0 Å². The fourth-order valence-electron chi connectivity index (χ4n) is 0.912. The summed E-state index contributed by atoms with van der Waals surface area (Å²) in [6, 6.07) is 0. The smallest absolute Gasteiger partial charge is 0.117 e. The van der Waals surface area contributed by atoms with Crippen LogP contribution in [-0.4, -0.2) is 9.97 Å². The summed E-state index contributed by atoms with van der Waals surface area (Å²) >= 11 is 0. The lowest BCUT2D eigenvalue weighted by molar-refractivity contribution is 0.539. The molecule has 0 radical (unpaired) electrons. The standard InChI is InChI=1S/C7H6N2O/c1-5-6-2-8-4-9-7(6)3-10-5/h2-4H,1H3. The molecule has 0 atom stereocenters. The highest BCUT2D eigenvalue weighted by atomic mass is 16.3. The van der Waals surface area contributed by atoms with Crippen molar-refractivity contribution in [2.45, 2.75) is 6.92 Å². The lowest BCUT2D eigenvalue weighted by Gasteiger charge is -1.83. The average molecular weight is 134 g/mol. The minimum Gasteiger partial charge on any atom is -0.467 e. The van der Waals surface area contributed by atoms with E-state index >= 15 is 0 Å². The Labute approximate surface area is 57.7 Å². The minimum atomic E-state index is 0.868. The van der Waals surface area contributed by atoms with E-state index in [9.17, 15) is 0 Å². The second-order valence-electron chi connectivity index (χ2n) is 2.11. The van der Waals surface area contributed by atoms with Crippen molar-refractivity contribution in [2.24, 2.45) is 0 Å². The Bertz CT molecular complexity index is 353. The molecular weight excluding hydrogens is 128 g/mol. The van der Waals surface area contributed by atoms with Crippen molar-refractivity contribution in [3.63, 3.8) is 0 Å². The molecule has 2 heterocycles. The number of furan rings is 1. The lowest BCUT2D eigenvalue weighted by Crippen LogP contribution is -1.75. The van der Waals surface area contributed by atoms with Crippen molar-refractivity contribution >= 4 is 10.9 Å². The van der Waals surface area contributed by atoms with E-state index in [1.165, 1.54) is 6.33 Å². The molecule has 0 saturated carbocycles. The van der Waals surface area contributed by atoms with Crippen LogP contribution in [0.5, 0.6) is 0 Å². The third-order valence-corrected chi connectivity index (χ3v) is 1.47. The Balaban J connectivity index is 2.93. The zero-order chi connectivity index (χ0) is 6.97. The van der Waals surface area contributed by atoms with E-state index in [1.807, 2.05) is 6.92 Å². The van der Waals surface area contributed by atoms with Crippen LogP contribution in [-0.2, 0) is 0 Å². The second-order valence-corrected chi connectivity index (χ2v) is 2.11. The molecule has 0 unspecified atom stereocenters. The molecule has 0 aliphatic rings. The third-order valence-electron chi connectivity index (χ3n) is 1.47. The van der Waals surface area contributed by atoms with E-state index in [0.29, 0.717) is 0 Å². The highest BCUT2D eigenvalue weighted by Gasteiger charge is 1.99. The summed E-state index contributed by atoms with van der Waals surface area (Å²) < 4.78 is 5.11. The molecule has 2 aromatic rings. The van der Waals surface area contributed by atoms with Crippen LogP contribution in [0.2, 0.25) is 0 Å². The summed E-state index contributed by atoms with van der Waals surface area (Å²) in [5.41, 5.74) is 0.868. The van der Waals surface area contributed by atoms with Gasteiger partial charge in [0, 0.05) is 6.20 Å². The molecule has 2 rings (SSSR count). The van der Waals surface area contributed by atoms with Crippen molar-refractivity contribution in [1.29, 1.82) is 0 Å². The van der Waals surface area contributed by atoms with Gasteiger partial charge >= 0.3 is 0 Å². The predicted octanol–water partition coefficient (Wildman–Crippen LogP) is 1.53. The van der Waals surface area contributed by atoms with Gasteiger partial charge in [0.05, 0.1) is 5.39 Å². The Hall–Kier alpha value is -1.38. The molecule has 3 nitrogen and oxygen atoms in total. The first-order valence-corrected chi connectivity index (χ1v) is 3.02. The summed E-state index contributed by atoms with van der Waals surface area (Å²) in [5.74, 6) is 0.871. The number of rotatable bonds is 0. The monoisotopic (exact) mass is 134 g/mol. The molecule has 0 fully saturated rings. The number of hydrogen-bond donors (Lipinski definition) is 0. The van der Waals surface area contributed by atoms with Crippen LogP contribution in [0.1, 0.15) is 5.76 Å². The fourth-order valence-corrected chi connectivity index (χ4v) is 0.912.